The van der Waals surface area contributed by atoms with Gasteiger partial charge in [0.15, 0.2) is 0 Å². The van der Waals surface area contributed by atoms with Gasteiger partial charge in [-0.25, -0.2) is 18.2 Å². The number of benzene rings is 2. The number of hydrogen-bond donors (Lipinski definition) is 1. The van der Waals surface area contributed by atoms with Crippen molar-refractivity contribution in [2.45, 2.75) is 37.2 Å². The van der Waals surface area contributed by atoms with Crippen LogP contribution in [-0.2, 0) is 16.3 Å². The van der Waals surface area contributed by atoms with E-state index < -0.39 is 23.2 Å². The lowest BCUT2D eigenvalue weighted by Gasteiger charge is -2.47. The van der Waals surface area contributed by atoms with Gasteiger partial charge in [-0.3, -0.25) is 0 Å². The average molecular weight is 522 g/mol. The van der Waals surface area contributed by atoms with Crippen LogP contribution in [0.4, 0.5) is 13.2 Å². The number of hydrazone groups is 1. The van der Waals surface area contributed by atoms with Gasteiger partial charge < -0.3 is 10.5 Å². The SMILES string of the molecule is C=C(CCCCOC)N1N=C(c2cc(F)ccc2F)S[C@@]12c1cc(CF)ccc1PCC2CCN. The minimum atomic E-state index is -0.752. The summed E-state index contributed by atoms with van der Waals surface area (Å²) in [7, 11) is 2.22. The topological polar surface area (TPSA) is 50.8 Å². The van der Waals surface area contributed by atoms with E-state index in [1.54, 1.807) is 7.11 Å². The number of thioether (sulfide) groups is 1. The molecule has 0 amide bonds. The molecule has 4 nitrogen and oxygen atoms in total. The smallest absolute Gasteiger partial charge is 0.143 e. The van der Waals surface area contributed by atoms with Crippen LogP contribution < -0.4 is 11.0 Å². The number of alkyl halides is 1. The molecule has 0 aliphatic carbocycles. The third-order valence-electron chi connectivity index (χ3n) is 6.51. The monoisotopic (exact) mass is 521 g/mol. The van der Waals surface area contributed by atoms with Crippen LogP contribution in [-0.4, -0.2) is 36.5 Å². The van der Waals surface area contributed by atoms with Gasteiger partial charge in [0.2, 0.25) is 0 Å². The van der Waals surface area contributed by atoms with E-state index in [1.807, 2.05) is 23.2 Å². The zero-order valence-corrected chi connectivity index (χ0v) is 21.6. The van der Waals surface area contributed by atoms with Crippen molar-refractivity contribution in [2.24, 2.45) is 16.8 Å². The maximum Gasteiger partial charge on any atom is 0.143 e. The number of nitrogens with two attached hydrogens (primary N) is 1. The number of nitrogens with zero attached hydrogens (tertiary/aromatic N) is 2. The largest absolute Gasteiger partial charge is 0.385 e. The molecule has 0 fully saturated rings. The molecule has 2 aromatic rings. The Morgan fingerprint density at radius 1 is 1.29 bits per heavy atom. The lowest BCUT2D eigenvalue weighted by atomic mass is 9.88. The lowest BCUT2D eigenvalue weighted by Crippen LogP contribution is -2.49. The first-order valence-corrected chi connectivity index (χ1v) is 13.8. The van der Waals surface area contributed by atoms with Crippen molar-refractivity contribution in [3.05, 3.63) is 77.0 Å². The molecule has 0 saturated carbocycles. The quantitative estimate of drug-likeness (QED) is 0.326. The van der Waals surface area contributed by atoms with Crippen molar-refractivity contribution < 1.29 is 17.9 Å². The van der Waals surface area contributed by atoms with Crippen molar-refractivity contribution in [3.8, 4) is 0 Å². The summed E-state index contributed by atoms with van der Waals surface area (Å²) >= 11 is 1.41. The Bertz CT molecular complexity index is 1120. The number of fused-ring (bicyclic) bond motifs is 2. The molecule has 2 unspecified atom stereocenters. The van der Waals surface area contributed by atoms with Crippen LogP contribution in [0.3, 0.4) is 0 Å². The number of hydrogen-bond acceptors (Lipinski definition) is 5. The first kappa shape index (κ1) is 26.2. The molecular formula is C26H31F3N3OPS. The summed E-state index contributed by atoms with van der Waals surface area (Å²) in [6, 6.07) is 9.12. The van der Waals surface area contributed by atoms with Crippen molar-refractivity contribution in [1.29, 1.82) is 0 Å². The van der Waals surface area contributed by atoms with Crippen LogP contribution in [0.25, 0.3) is 0 Å². The standard InChI is InChI=1S/C26H31F3N3OPS/c1-17(5-3-4-12-33-2)32-26(35-25(31-32)21-14-20(28)7-8-23(21)29)19(10-11-30)16-34-24-9-6-18(15-27)13-22(24)26/h6-9,13-14,19,34H,1,3-5,10-12,15-16,30H2,2H3/t19?,26-/m0/s1. The van der Waals surface area contributed by atoms with Gasteiger partial charge in [-0.1, -0.05) is 39.1 Å². The van der Waals surface area contributed by atoms with Gasteiger partial charge in [0.05, 0.1) is 0 Å². The number of allylic oxidation sites excluding steroid dienone is 1. The summed E-state index contributed by atoms with van der Waals surface area (Å²) in [5.41, 5.74) is 8.49. The van der Waals surface area contributed by atoms with Crippen LogP contribution >= 0.6 is 20.3 Å². The van der Waals surface area contributed by atoms with E-state index >= 15 is 0 Å². The van der Waals surface area contributed by atoms with Gasteiger partial charge in [-0.05, 0) is 79.1 Å². The normalized spacial score (nSPS) is 22.0. The molecule has 1 spiro atoms. The fourth-order valence-corrected chi connectivity index (χ4v) is 8.22. The Hall–Kier alpha value is -1.86. The van der Waals surface area contributed by atoms with Crippen molar-refractivity contribution in [1.82, 2.24) is 5.01 Å². The third kappa shape index (κ3) is 5.17. The lowest BCUT2D eigenvalue weighted by molar-refractivity contribution is 0.159. The minimum Gasteiger partial charge on any atom is -0.385 e. The molecule has 3 atom stereocenters. The van der Waals surface area contributed by atoms with Gasteiger partial charge >= 0.3 is 0 Å². The second kappa shape index (κ2) is 11.5. The molecule has 2 heterocycles. The molecule has 0 bridgehead atoms. The van der Waals surface area contributed by atoms with E-state index in [0.717, 1.165) is 54.1 Å². The Morgan fingerprint density at radius 3 is 2.86 bits per heavy atom. The fraction of sp³-hybridized carbons (Fsp3) is 0.423. The molecule has 0 radical (unpaired) electrons. The first-order chi connectivity index (χ1) is 16.9. The molecule has 0 saturated heterocycles. The molecule has 35 heavy (non-hydrogen) atoms. The van der Waals surface area contributed by atoms with Crippen molar-refractivity contribution in [2.75, 3.05) is 26.4 Å². The second-order valence-corrected chi connectivity index (χ2v) is 11.3. The minimum absolute atomic E-state index is 0.0757. The van der Waals surface area contributed by atoms with Crippen molar-refractivity contribution >= 4 is 30.7 Å². The van der Waals surface area contributed by atoms with Crippen LogP contribution in [0.2, 0.25) is 0 Å². The number of methoxy groups -OCH3 is 1. The highest BCUT2D eigenvalue weighted by Gasteiger charge is 2.54. The number of halogens is 3. The van der Waals surface area contributed by atoms with Gasteiger partial charge in [0.1, 0.15) is 28.2 Å². The van der Waals surface area contributed by atoms with Gasteiger partial charge in [-0.2, -0.15) is 5.10 Å². The highest BCUT2D eigenvalue weighted by molar-refractivity contribution is 8.15. The van der Waals surface area contributed by atoms with Gasteiger partial charge in [-0.15, -0.1) is 0 Å². The van der Waals surface area contributed by atoms with E-state index in [4.69, 9.17) is 15.6 Å². The number of ether oxygens (including phenoxy) is 1. The fourth-order valence-electron chi connectivity index (χ4n) is 4.77. The average Bonchev–Trinajstić information content (AvgIpc) is 3.26. The zero-order valence-electron chi connectivity index (χ0n) is 19.8. The van der Waals surface area contributed by atoms with Crippen LogP contribution in [0.15, 0.2) is 53.8 Å². The summed E-state index contributed by atoms with van der Waals surface area (Å²) in [6.07, 6.45) is 4.00. The number of rotatable bonds is 10. The molecule has 0 aromatic heterocycles. The molecule has 2 aliphatic heterocycles. The summed E-state index contributed by atoms with van der Waals surface area (Å²) in [5.74, 6) is -0.989. The van der Waals surface area contributed by atoms with Gasteiger partial charge in [0, 0.05) is 30.9 Å². The summed E-state index contributed by atoms with van der Waals surface area (Å²) in [4.78, 5) is -0.752. The van der Waals surface area contributed by atoms with Crippen molar-refractivity contribution in [3.63, 3.8) is 0 Å². The molecule has 188 valence electrons. The zero-order chi connectivity index (χ0) is 25.0. The first-order valence-electron chi connectivity index (χ1n) is 11.8. The Labute approximate surface area is 211 Å². The maximum absolute atomic E-state index is 14.9. The molecule has 2 aromatic carbocycles. The summed E-state index contributed by atoms with van der Waals surface area (Å²) < 4.78 is 47.9. The highest BCUT2D eigenvalue weighted by Crippen LogP contribution is 2.58. The van der Waals surface area contributed by atoms with Crippen LogP contribution in [0.5, 0.6) is 0 Å². The van der Waals surface area contributed by atoms with Gasteiger partial charge in [0.25, 0.3) is 0 Å². The van der Waals surface area contributed by atoms with Crippen LogP contribution in [0, 0.1) is 17.6 Å². The third-order valence-corrected chi connectivity index (χ3v) is 9.56. The summed E-state index contributed by atoms with van der Waals surface area (Å²) in [5, 5.41) is 8.29. The summed E-state index contributed by atoms with van der Waals surface area (Å²) in [6.45, 7) is 4.90. The van der Waals surface area contributed by atoms with Crippen LogP contribution in [0.1, 0.15) is 42.4 Å². The predicted octanol–water partition coefficient (Wildman–Crippen LogP) is 5.61. The molecule has 9 heteroatoms. The van der Waals surface area contributed by atoms with E-state index in [0.29, 0.717) is 38.8 Å². The Morgan fingerprint density at radius 2 is 2.11 bits per heavy atom. The van der Waals surface area contributed by atoms with E-state index in [9.17, 15) is 13.2 Å². The Balaban J connectivity index is 1.84. The highest BCUT2D eigenvalue weighted by atomic mass is 32.2. The predicted molar refractivity (Wildman–Crippen MR) is 140 cm³/mol. The van der Waals surface area contributed by atoms with E-state index in [-0.39, 0.29) is 11.5 Å². The Kier molecular flexibility index (Phi) is 8.59. The molecule has 2 aliphatic rings. The molecule has 4 rings (SSSR count). The second-order valence-electron chi connectivity index (χ2n) is 8.82. The number of unbranched alkanes of at least 4 members (excludes halogenated alkanes) is 1. The molecular weight excluding hydrogens is 490 g/mol. The maximum atomic E-state index is 14.9. The molecule has 2 N–H and O–H groups in total. The van der Waals surface area contributed by atoms with E-state index in [2.05, 4.69) is 6.58 Å². The van der Waals surface area contributed by atoms with E-state index in [1.165, 1.54) is 17.8 Å².